The van der Waals surface area contributed by atoms with Crippen molar-refractivity contribution in [1.82, 2.24) is 0 Å². The van der Waals surface area contributed by atoms with E-state index < -0.39 is 5.92 Å². The van der Waals surface area contributed by atoms with Gasteiger partial charge in [-0.05, 0) is 36.1 Å². The molecule has 1 unspecified atom stereocenters. The van der Waals surface area contributed by atoms with Gasteiger partial charge in [-0.1, -0.05) is 6.07 Å². The fourth-order valence-electron chi connectivity index (χ4n) is 1.89. The molecule has 0 bridgehead atoms. The molecule has 1 aromatic carbocycles. The summed E-state index contributed by atoms with van der Waals surface area (Å²) in [5.41, 5.74) is 7.84. The summed E-state index contributed by atoms with van der Waals surface area (Å²) in [6.45, 7) is 0. The Morgan fingerprint density at radius 2 is 2.40 bits per heavy atom. The number of amides is 1. The smallest absolute Gasteiger partial charge is 0.225 e. The predicted molar refractivity (Wildman–Crippen MR) is 54.7 cm³/mol. The van der Waals surface area contributed by atoms with Crippen molar-refractivity contribution in [3.05, 3.63) is 41.3 Å². The van der Waals surface area contributed by atoms with Gasteiger partial charge in [0.2, 0.25) is 5.91 Å². The maximum Gasteiger partial charge on any atom is 0.225 e. The second kappa shape index (κ2) is 3.74. The first kappa shape index (κ1) is 9.72. The van der Waals surface area contributed by atoms with Gasteiger partial charge in [-0.25, -0.2) is 0 Å². The minimum absolute atomic E-state index is 0.374. The summed E-state index contributed by atoms with van der Waals surface area (Å²) < 4.78 is 0. The van der Waals surface area contributed by atoms with E-state index in [1.165, 1.54) is 0 Å². The van der Waals surface area contributed by atoms with Gasteiger partial charge in [-0.15, -0.1) is 0 Å². The third-order valence-electron chi connectivity index (χ3n) is 2.61. The lowest BCUT2D eigenvalue weighted by atomic mass is 9.82. The van der Waals surface area contributed by atoms with E-state index in [9.17, 15) is 4.79 Å². The number of hydrogen-bond acceptors (Lipinski definition) is 2. The van der Waals surface area contributed by atoms with Crippen molar-refractivity contribution in [2.75, 3.05) is 0 Å². The number of nitriles is 1. The SMILES string of the molecule is N#Cc1ccc2c(c1)CC[C]C2C(N)=O. The van der Waals surface area contributed by atoms with Crippen LogP contribution in [0.5, 0.6) is 0 Å². The molecule has 0 spiro atoms. The number of carbonyl (C=O) groups excluding carboxylic acids is 1. The molecular weight excluding hydrogens is 188 g/mol. The van der Waals surface area contributed by atoms with Crippen molar-refractivity contribution in [1.29, 1.82) is 5.26 Å². The number of nitrogens with zero attached hydrogens (tertiary/aromatic N) is 1. The van der Waals surface area contributed by atoms with Crippen LogP contribution in [0.4, 0.5) is 0 Å². The first-order chi connectivity index (χ1) is 7.22. The lowest BCUT2D eigenvalue weighted by molar-refractivity contribution is -0.118. The van der Waals surface area contributed by atoms with E-state index in [0.717, 1.165) is 24.0 Å². The minimum atomic E-state index is -0.415. The highest BCUT2D eigenvalue weighted by atomic mass is 16.1. The maximum absolute atomic E-state index is 11.2. The van der Waals surface area contributed by atoms with Crippen LogP contribution in [0.3, 0.4) is 0 Å². The summed E-state index contributed by atoms with van der Waals surface area (Å²) in [5.74, 6) is -0.790. The van der Waals surface area contributed by atoms with Crippen LogP contribution >= 0.6 is 0 Å². The molecule has 0 heterocycles. The summed E-state index contributed by atoms with van der Waals surface area (Å²) >= 11 is 0. The molecule has 1 atom stereocenters. The standard InChI is InChI=1S/C12H10N2O/c13-7-8-4-5-10-9(6-8)2-1-3-11(10)12(14)15/h4-6,11H,1-2H2,(H2,14,15). The van der Waals surface area contributed by atoms with Crippen LogP contribution in [0.1, 0.15) is 29.0 Å². The largest absolute Gasteiger partial charge is 0.369 e. The van der Waals surface area contributed by atoms with E-state index in [2.05, 4.69) is 12.5 Å². The molecule has 2 N–H and O–H groups in total. The van der Waals surface area contributed by atoms with E-state index in [-0.39, 0.29) is 5.91 Å². The Bertz CT molecular complexity index is 445. The van der Waals surface area contributed by atoms with Gasteiger partial charge in [0.15, 0.2) is 0 Å². The highest BCUT2D eigenvalue weighted by Crippen LogP contribution is 2.30. The lowest BCUT2D eigenvalue weighted by Crippen LogP contribution is -2.25. The van der Waals surface area contributed by atoms with Gasteiger partial charge in [0, 0.05) is 6.42 Å². The van der Waals surface area contributed by atoms with Gasteiger partial charge in [-0.3, -0.25) is 4.79 Å². The molecule has 15 heavy (non-hydrogen) atoms. The molecule has 2 rings (SSSR count). The molecule has 1 aromatic rings. The second-order valence-corrected chi connectivity index (χ2v) is 3.56. The Balaban J connectivity index is 2.46. The first-order valence-electron chi connectivity index (χ1n) is 4.78. The topological polar surface area (TPSA) is 66.9 Å². The average molecular weight is 198 g/mol. The number of hydrogen-bond donors (Lipinski definition) is 1. The molecule has 1 aliphatic carbocycles. The van der Waals surface area contributed by atoms with Gasteiger partial charge in [0.1, 0.15) is 0 Å². The van der Waals surface area contributed by atoms with Crippen LogP contribution in [0.15, 0.2) is 18.2 Å². The third kappa shape index (κ3) is 1.71. The van der Waals surface area contributed by atoms with E-state index in [4.69, 9.17) is 11.0 Å². The predicted octanol–water partition coefficient (Wildman–Crippen LogP) is 1.15. The molecule has 1 aliphatic rings. The second-order valence-electron chi connectivity index (χ2n) is 3.56. The molecule has 3 heteroatoms. The number of benzene rings is 1. The monoisotopic (exact) mass is 198 g/mol. The number of fused-ring (bicyclic) bond motifs is 1. The molecule has 1 amide bonds. The Kier molecular flexibility index (Phi) is 2.42. The number of nitrogens with two attached hydrogens (primary N) is 1. The normalized spacial score (nSPS) is 19.0. The van der Waals surface area contributed by atoms with Crippen molar-refractivity contribution in [2.24, 2.45) is 5.73 Å². The molecule has 0 fully saturated rings. The van der Waals surface area contributed by atoms with Gasteiger partial charge in [0.05, 0.1) is 17.6 Å². The van der Waals surface area contributed by atoms with E-state index in [0.29, 0.717) is 5.56 Å². The van der Waals surface area contributed by atoms with Gasteiger partial charge in [0.25, 0.3) is 0 Å². The van der Waals surface area contributed by atoms with Crippen LogP contribution < -0.4 is 5.73 Å². The number of carbonyl (C=O) groups is 1. The Labute approximate surface area is 88.5 Å². The van der Waals surface area contributed by atoms with Crippen LogP contribution in [-0.2, 0) is 11.2 Å². The molecule has 2 radical (unpaired) electrons. The minimum Gasteiger partial charge on any atom is -0.369 e. The summed E-state index contributed by atoms with van der Waals surface area (Å²) in [7, 11) is 0. The Morgan fingerprint density at radius 3 is 3.07 bits per heavy atom. The number of aryl methyl sites for hydroxylation is 1. The molecule has 0 aliphatic heterocycles. The van der Waals surface area contributed by atoms with Crippen LogP contribution in [0, 0.1) is 17.8 Å². The Hall–Kier alpha value is -1.82. The van der Waals surface area contributed by atoms with Crippen LogP contribution in [0.25, 0.3) is 0 Å². The maximum atomic E-state index is 11.2. The zero-order valence-electron chi connectivity index (χ0n) is 8.16. The lowest BCUT2D eigenvalue weighted by Gasteiger charge is -2.22. The zero-order chi connectivity index (χ0) is 10.8. The molecular formula is C12H10N2O. The third-order valence-corrected chi connectivity index (χ3v) is 2.61. The van der Waals surface area contributed by atoms with E-state index in [1.807, 2.05) is 6.07 Å². The van der Waals surface area contributed by atoms with E-state index >= 15 is 0 Å². The molecule has 3 nitrogen and oxygen atoms in total. The van der Waals surface area contributed by atoms with Crippen LogP contribution in [0.2, 0.25) is 0 Å². The van der Waals surface area contributed by atoms with Crippen molar-refractivity contribution in [3.8, 4) is 6.07 Å². The average Bonchev–Trinajstić information content (AvgIpc) is 2.27. The van der Waals surface area contributed by atoms with Crippen molar-refractivity contribution in [2.45, 2.75) is 18.8 Å². The highest BCUT2D eigenvalue weighted by molar-refractivity contribution is 5.84. The van der Waals surface area contributed by atoms with Gasteiger partial charge >= 0.3 is 0 Å². The first-order valence-corrected chi connectivity index (χ1v) is 4.78. The molecule has 0 aromatic heterocycles. The van der Waals surface area contributed by atoms with Crippen molar-refractivity contribution >= 4 is 5.91 Å². The van der Waals surface area contributed by atoms with Crippen molar-refractivity contribution < 1.29 is 4.79 Å². The van der Waals surface area contributed by atoms with Gasteiger partial charge < -0.3 is 5.73 Å². The number of primary amides is 1. The molecule has 0 saturated carbocycles. The quantitative estimate of drug-likeness (QED) is 0.735. The van der Waals surface area contributed by atoms with Crippen LogP contribution in [-0.4, -0.2) is 5.91 Å². The van der Waals surface area contributed by atoms with Crippen molar-refractivity contribution in [3.63, 3.8) is 0 Å². The Morgan fingerprint density at radius 1 is 1.60 bits per heavy atom. The summed E-state index contributed by atoms with van der Waals surface area (Å²) in [6, 6.07) is 7.42. The summed E-state index contributed by atoms with van der Waals surface area (Å²) in [6.07, 6.45) is 4.60. The number of rotatable bonds is 1. The summed E-state index contributed by atoms with van der Waals surface area (Å²) in [5, 5.41) is 8.76. The van der Waals surface area contributed by atoms with Gasteiger partial charge in [-0.2, -0.15) is 5.26 Å². The molecule has 74 valence electrons. The summed E-state index contributed by atoms with van der Waals surface area (Å²) in [4.78, 5) is 11.2. The molecule has 0 saturated heterocycles. The fraction of sp³-hybridized carbons (Fsp3) is 0.250. The fourth-order valence-corrected chi connectivity index (χ4v) is 1.89. The highest BCUT2D eigenvalue weighted by Gasteiger charge is 2.25. The van der Waals surface area contributed by atoms with E-state index in [1.54, 1.807) is 12.1 Å². The zero-order valence-corrected chi connectivity index (χ0v) is 8.16.